The van der Waals surface area contributed by atoms with Crippen LogP contribution in [0.2, 0.25) is 0 Å². The van der Waals surface area contributed by atoms with Gasteiger partial charge in [0.05, 0.1) is 20.0 Å². The molecule has 1 aromatic rings. The first-order valence-corrected chi connectivity index (χ1v) is 7.89. The van der Waals surface area contributed by atoms with Crippen molar-refractivity contribution in [2.75, 3.05) is 32.8 Å². The van der Waals surface area contributed by atoms with Gasteiger partial charge in [0.2, 0.25) is 0 Å². The quantitative estimate of drug-likeness (QED) is 0.821. The molecule has 0 aliphatic carbocycles. The van der Waals surface area contributed by atoms with Crippen molar-refractivity contribution in [3.63, 3.8) is 0 Å². The van der Waals surface area contributed by atoms with Crippen LogP contribution in [0.5, 0.6) is 11.5 Å². The van der Waals surface area contributed by atoms with Gasteiger partial charge in [-0.3, -0.25) is 0 Å². The van der Waals surface area contributed by atoms with Crippen LogP contribution in [0.1, 0.15) is 18.5 Å². The average Bonchev–Trinajstić information content (AvgIpc) is 2.44. The monoisotopic (exact) mass is 287 g/mol. The van der Waals surface area contributed by atoms with Crippen LogP contribution in [0.4, 0.5) is 0 Å². The van der Waals surface area contributed by atoms with Crippen molar-refractivity contribution in [1.29, 1.82) is 0 Å². The molecule has 1 N–H and O–H groups in total. The Labute approximate surface area is 114 Å². The lowest BCUT2D eigenvalue weighted by molar-refractivity contribution is 0.354. The van der Waals surface area contributed by atoms with Crippen molar-refractivity contribution in [2.45, 2.75) is 13.0 Å². The normalized spacial score (nSPS) is 13.1. The number of rotatable bonds is 7. The standard InChI is InChI=1S/C13H21NO4S/c1-5-19(15,16)9-11(14-2)10-6-7-12(17-3)13(8-10)18-4/h6-8,11,14H,5,9H2,1-4H3. The molecule has 0 bridgehead atoms. The van der Waals surface area contributed by atoms with E-state index in [0.717, 1.165) is 5.56 Å². The van der Waals surface area contributed by atoms with Gasteiger partial charge in [0.15, 0.2) is 21.3 Å². The third-order valence-electron chi connectivity index (χ3n) is 3.02. The molecule has 1 rings (SSSR count). The van der Waals surface area contributed by atoms with Crippen molar-refractivity contribution >= 4 is 9.84 Å². The van der Waals surface area contributed by atoms with Crippen LogP contribution in [-0.2, 0) is 9.84 Å². The molecule has 0 fully saturated rings. The predicted octanol–water partition coefficient (Wildman–Crippen LogP) is 1.40. The van der Waals surface area contributed by atoms with E-state index in [9.17, 15) is 8.42 Å². The fourth-order valence-corrected chi connectivity index (χ4v) is 2.89. The first kappa shape index (κ1) is 15.8. The first-order valence-electron chi connectivity index (χ1n) is 6.07. The van der Waals surface area contributed by atoms with Gasteiger partial charge in [-0.2, -0.15) is 0 Å². The van der Waals surface area contributed by atoms with Gasteiger partial charge in [0.1, 0.15) is 0 Å². The topological polar surface area (TPSA) is 64.6 Å². The zero-order valence-corrected chi connectivity index (χ0v) is 12.6. The summed E-state index contributed by atoms with van der Waals surface area (Å²) in [7, 11) is 1.81. The number of sulfone groups is 1. The molecule has 5 nitrogen and oxygen atoms in total. The van der Waals surface area contributed by atoms with E-state index in [1.807, 2.05) is 6.07 Å². The molecule has 0 aromatic heterocycles. The van der Waals surface area contributed by atoms with E-state index < -0.39 is 9.84 Å². The Hall–Kier alpha value is -1.27. The molecular weight excluding hydrogens is 266 g/mol. The summed E-state index contributed by atoms with van der Waals surface area (Å²) in [4.78, 5) is 0. The Morgan fingerprint density at radius 1 is 1.21 bits per heavy atom. The molecule has 1 atom stereocenters. The van der Waals surface area contributed by atoms with Gasteiger partial charge < -0.3 is 14.8 Å². The van der Waals surface area contributed by atoms with Crippen LogP contribution >= 0.6 is 0 Å². The lowest BCUT2D eigenvalue weighted by Gasteiger charge is -2.18. The Morgan fingerprint density at radius 2 is 1.84 bits per heavy atom. The third-order valence-corrected chi connectivity index (χ3v) is 4.74. The van der Waals surface area contributed by atoms with Crippen LogP contribution in [0.25, 0.3) is 0 Å². The fourth-order valence-electron chi connectivity index (χ4n) is 1.79. The maximum Gasteiger partial charge on any atom is 0.161 e. The highest BCUT2D eigenvalue weighted by molar-refractivity contribution is 7.91. The number of hydrogen-bond donors (Lipinski definition) is 1. The molecule has 0 aliphatic heterocycles. The van der Waals surface area contributed by atoms with Gasteiger partial charge in [0.25, 0.3) is 0 Å². The van der Waals surface area contributed by atoms with Gasteiger partial charge in [0, 0.05) is 11.8 Å². The Bertz CT molecular complexity index is 513. The van der Waals surface area contributed by atoms with Gasteiger partial charge in [-0.05, 0) is 24.7 Å². The second kappa shape index (κ2) is 6.77. The van der Waals surface area contributed by atoms with Crippen molar-refractivity contribution in [2.24, 2.45) is 0 Å². The average molecular weight is 287 g/mol. The summed E-state index contributed by atoms with van der Waals surface area (Å²) >= 11 is 0. The number of methoxy groups -OCH3 is 2. The maximum atomic E-state index is 11.7. The number of hydrogen-bond acceptors (Lipinski definition) is 5. The van der Waals surface area contributed by atoms with E-state index in [2.05, 4.69) is 5.32 Å². The van der Waals surface area contributed by atoms with Gasteiger partial charge >= 0.3 is 0 Å². The molecule has 19 heavy (non-hydrogen) atoms. The highest BCUT2D eigenvalue weighted by Crippen LogP contribution is 2.30. The summed E-state index contributed by atoms with van der Waals surface area (Å²) in [5.41, 5.74) is 0.858. The lowest BCUT2D eigenvalue weighted by Crippen LogP contribution is -2.26. The highest BCUT2D eigenvalue weighted by Gasteiger charge is 2.19. The van der Waals surface area contributed by atoms with Gasteiger partial charge in [-0.15, -0.1) is 0 Å². The molecule has 0 saturated carbocycles. The zero-order valence-electron chi connectivity index (χ0n) is 11.8. The summed E-state index contributed by atoms with van der Waals surface area (Å²) in [6, 6.07) is 5.15. The molecule has 1 unspecified atom stereocenters. The van der Waals surface area contributed by atoms with Gasteiger partial charge in [-0.1, -0.05) is 13.0 Å². The highest BCUT2D eigenvalue weighted by atomic mass is 32.2. The predicted molar refractivity (Wildman–Crippen MR) is 75.7 cm³/mol. The van der Waals surface area contributed by atoms with E-state index >= 15 is 0 Å². The van der Waals surface area contributed by atoms with Crippen LogP contribution in [0, 0.1) is 0 Å². The van der Waals surface area contributed by atoms with Gasteiger partial charge in [-0.25, -0.2) is 8.42 Å². The van der Waals surface area contributed by atoms with E-state index in [1.54, 1.807) is 40.3 Å². The van der Waals surface area contributed by atoms with Crippen molar-refractivity contribution in [3.8, 4) is 11.5 Å². The molecule has 0 spiro atoms. The molecule has 1 aromatic carbocycles. The third kappa shape index (κ3) is 4.11. The molecule has 108 valence electrons. The zero-order chi connectivity index (χ0) is 14.5. The SMILES string of the molecule is CCS(=O)(=O)CC(NC)c1ccc(OC)c(OC)c1. The Kier molecular flexibility index (Phi) is 5.62. The van der Waals surface area contributed by atoms with Crippen molar-refractivity contribution in [3.05, 3.63) is 23.8 Å². The Morgan fingerprint density at radius 3 is 2.32 bits per heavy atom. The number of ether oxygens (including phenoxy) is 2. The first-order chi connectivity index (χ1) is 8.97. The fraction of sp³-hybridized carbons (Fsp3) is 0.538. The summed E-state index contributed by atoms with van der Waals surface area (Å²) in [5, 5.41) is 3.02. The van der Waals surface area contributed by atoms with E-state index in [-0.39, 0.29) is 17.5 Å². The molecule has 0 aliphatic rings. The minimum Gasteiger partial charge on any atom is -0.493 e. The van der Waals surface area contributed by atoms with Crippen LogP contribution in [0.3, 0.4) is 0 Å². The Balaban J connectivity index is 3.05. The maximum absolute atomic E-state index is 11.7. The molecular formula is C13H21NO4S. The second-order valence-corrected chi connectivity index (χ2v) is 6.55. The molecule has 0 radical (unpaired) electrons. The van der Waals surface area contributed by atoms with E-state index in [0.29, 0.717) is 11.5 Å². The van der Waals surface area contributed by atoms with E-state index in [4.69, 9.17) is 9.47 Å². The van der Waals surface area contributed by atoms with Crippen molar-refractivity contribution < 1.29 is 17.9 Å². The summed E-state index contributed by atoms with van der Waals surface area (Å²) in [5.74, 6) is 1.42. The smallest absolute Gasteiger partial charge is 0.161 e. The lowest BCUT2D eigenvalue weighted by atomic mass is 10.1. The van der Waals surface area contributed by atoms with Crippen LogP contribution < -0.4 is 14.8 Å². The molecule has 6 heteroatoms. The minimum absolute atomic E-state index is 0.0650. The molecule has 0 amide bonds. The summed E-state index contributed by atoms with van der Waals surface area (Å²) in [6.45, 7) is 1.65. The number of nitrogens with one attached hydrogen (secondary N) is 1. The van der Waals surface area contributed by atoms with Crippen molar-refractivity contribution in [1.82, 2.24) is 5.32 Å². The van der Waals surface area contributed by atoms with E-state index in [1.165, 1.54) is 0 Å². The number of benzene rings is 1. The largest absolute Gasteiger partial charge is 0.493 e. The molecule has 0 heterocycles. The van der Waals surface area contributed by atoms with Crippen LogP contribution in [0.15, 0.2) is 18.2 Å². The second-order valence-electron chi connectivity index (χ2n) is 4.15. The summed E-state index contributed by atoms with van der Waals surface area (Å²) < 4.78 is 33.8. The summed E-state index contributed by atoms with van der Waals surface area (Å²) in [6.07, 6.45) is 0. The minimum atomic E-state index is -3.05. The van der Waals surface area contributed by atoms with Crippen LogP contribution in [-0.4, -0.2) is 41.2 Å². The molecule has 0 saturated heterocycles.